The van der Waals surface area contributed by atoms with E-state index < -0.39 is 0 Å². The number of nitrogens with two attached hydrogens (primary N) is 1. The quantitative estimate of drug-likeness (QED) is 0.627. The summed E-state index contributed by atoms with van der Waals surface area (Å²) >= 11 is 0. The predicted octanol–water partition coefficient (Wildman–Crippen LogP) is 0.148. The second-order valence-electron chi connectivity index (χ2n) is 5.80. The molecule has 0 aliphatic carbocycles. The molecule has 0 bridgehead atoms. The van der Waals surface area contributed by atoms with Crippen molar-refractivity contribution in [3.05, 3.63) is 30.3 Å². The molecule has 7 nitrogen and oxygen atoms in total. The van der Waals surface area contributed by atoms with Crippen molar-refractivity contribution in [2.75, 3.05) is 39.5 Å². The van der Waals surface area contributed by atoms with Crippen molar-refractivity contribution in [1.29, 1.82) is 0 Å². The van der Waals surface area contributed by atoms with E-state index in [1.165, 1.54) is 0 Å². The van der Waals surface area contributed by atoms with E-state index in [0.29, 0.717) is 13.2 Å². The SMILES string of the molecule is NC(=O)CN1CCC(NC(=O)COCCOc2ccccc2)CC1. The van der Waals surface area contributed by atoms with Gasteiger partial charge in [0.15, 0.2) is 0 Å². The van der Waals surface area contributed by atoms with Crippen LogP contribution in [0.1, 0.15) is 12.8 Å². The summed E-state index contributed by atoms with van der Waals surface area (Å²) in [5.41, 5.74) is 5.18. The van der Waals surface area contributed by atoms with Crippen molar-refractivity contribution in [2.24, 2.45) is 5.73 Å². The number of carbonyl (C=O) groups excluding carboxylic acids is 2. The van der Waals surface area contributed by atoms with E-state index in [1.54, 1.807) is 0 Å². The number of amides is 2. The average molecular weight is 335 g/mol. The number of hydrogen-bond donors (Lipinski definition) is 2. The summed E-state index contributed by atoms with van der Waals surface area (Å²) in [7, 11) is 0. The Bertz CT molecular complexity index is 516. The number of likely N-dealkylation sites (tertiary alicyclic amines) is 1. The highest BCUT2D eigenvalue weighted by Crippen LogP contribution is 2.10. The zero-order valence-electron chi connectivity index (χ0n) is 13.8. The Morgan fingerprint density at radius 3 is 2.54 bits per heavy atom. The zero-order chi connectivity index (χ0) is 17.2. The summed E-state index contributed by atoms with van der Waals surface area (Å²) in [5.74, 6) is 0.347. The van der Waals surface area contributed by atoms with Gasteiger partial charge in [-0.1, -0.05) is 18.2 Å². The molecule has 0 spiro atoms. The van der Waals surface area contributed by atoms with Gasteiger partial charge < -0.3 is 20.5 Å². The summed E-state index contributed by atoms with van der Waals surface area (Å²) in [6, 6.07) is 9.60. The number of carbonyl (C=O) groups is 2. The van der Waals surface area contributed by atoms with Gasteiger partial charge in [0, 0.05) is 19.1 Å². The van der Waals surface area contributed by atoms with E-state index in [0.717, 1.165) is 31.7 Å². The van der Waals surface area contributed by atoms with Gasteiger partial charge in [-0.05, 0) is 25.0 Å². The number of nitrogens with zero attached hydrogens (tertiary/aromatic N) is 1. The first kappa shape index (κ1) is 18.2. The maximum Gasteiger partial charge on any atom is 0.246 e. The molecule has 0 unspecified atom stereocenters. The number of ether oxygens (including phenoxy) is 2. The van der Waals surface area contributed by atoms with Gasteiger partial charge in [0.2, 0.25) is 11.8 Å². The fraction of sp³-hybridized carbons (Fsp3) is 0.529. The average Bonchev–Trinajstić information content (AvgIpc) is 2.57. The summed E-state index contributed by atoms with van der Waals surface area (Å²) in [4.78, 5) is 24.7. The van der Waals surface area contributed by atoms with Crippen LogP contribution in [0.25, 0.3) is 0 Å². The molecule has 0 atom stereocenters. The maximum atomic E-state index is 11.8. The van der Waals surface area contributed by atoms with Gasteiger partial charge in [-0.2, -0.15) is 0 Å². The summed E-state index contributed by atoms with van der Waals surface area (Å²) in [5, 5.41) is 2.95. The number of benzene rings is 1. The molecule has 7 heteroatoms. The third-order valence-electron chi connectivity index (χ3n) is 3.80. The first-order valence-corrected chi connectivity index (χ1v) is 8.19. The zero-order valence-corrected chi connectivity index (χ0v) is 13.8. The van der Waals surface area contributed by atoms with Crippen LogP contribution in [0.15, 0.2) is 30.3 Å². The number of para-hydroxylation sites is 1. The van der Waals surface area contributed by atoms with E-state index >= 15 is 0 Å². The van der Waals surface area contributed by atoms with E-state index in [2.05, 4.69) is 5.32 Å². The van der Waals surface area contributed by atoms with Crippen LogP contribution < -0.4 is 15.8 Å². The van der Waals surface area contributed by atoms with Gasteiger partial charge in [0.25, 0.3) is 0 Å². The van der Waals surface area contributed by atoms with E-state index in [-0.39, 0.29) is 31.0 Å². The lowest BCUT2D eigenvalue weighted by Gasteiger charge is -2.31. The van der Waals surface area contributed by atoms with Crippen LogP contribution in [-0.2, 0) is 14.3 Å². The topological polar surface area (TPSA) is 93.9 Å². The standard InChI is InChI=1S/C17H25N3O4/c18-16(21)12-20-8-6-14(7-9-20)19-17(22)13-23-10-11-24-15-4-2-1-3-5-15/h1-5,14H,6-13H2,(H2,18,21)(H,19,22). The van der Waals surface area contributed by atoms with Crippen molar-refractivity contribution in [2.45, 2.75) is 18.9 Å². The number of primary amides is 1. The van der Waals surface area contributed by atoms with Gasteiger partial charge in [0.05, 0.1) is 13.2 Å². The second kappa shape index (κ2) is 9.89. The van der Waals surface area contributed by atoms with Crippen LogP contribution in [0.3, 0.4) is 0 Å². The van der Waals surface area contributed by atoms with Crippen LogP contribution in [0.2, 0.25) is 0 Å². The van der Waals surface area contributed by atoms with Crippen LogP contribution in [0, 0.1) is 0 Å². The molecule has 1 aliphatic rings. The van der Waals surface area contributed by atoms with Crippen molar-refractivity contribution >= 4 is 11.8 Å². The minimum Gasteiger partial charge on any atom is -0.491 e. The lowest BCUT2D eigenvalue weighted by atomic mass is 10.1. The first-order chi connectivity index (χ1) is 11.6. The molecular weight excluding hydrogens is 310 g/mol. The van der Waals surface area contributed by atoms with E-state index in [1.807, 2.05) is 35.2 Å². The molecule has 2 rings (SSSR count). The molecule has 24 heavy (non-hydrogen) atoms. The lowest BCUT2D eigenvalue weighted by Crippen LogP contribution is -2.47. The Morgan fingerprint density at radius 1 is 1.17 bits per heavy atom. The molecule has 0 saturated carbocycles. The molecule has 0 aromatic heterocycles. The number of rotatable bonds is 9. The van der Waals surface area contributed by atoms with Gasteiger partial charge in [-0.15, -0.1) is 0 Å². The van der Waals surface area contributed by atoms with Crippen molar-refractivity contribution < 1.29 is 19.1 Å². The molecule has 132 valence electrons. The lowest BCUT2D eigenvalue weighted by molar-refractivity contribution is -0.127. The molecule has 3 N–H and O–H groups in total. The molecule has 2 amide bonds. The minimum absolute atomic E-state index is 0.0274. The van der Waals surface area contributed by atoms with Crippen LogP contribution in [-0.4, -0.2) is 62.2 Å². The highest BCUT2D eigenvalue weighted by Gasteiger charge is 2.21. The molecule has 1 aromatic rings. The number of piperidine rings is 1. The Hall–Kier alpha value is -2.12. The van der Waals surface area contributed by atoms with Crippen molar-refractivity contribution in [3.63, 3.8) is 0 Å². The van der Waals surface area contributed by atoms with Gasteiger partial charge in [0.1, 0.15) is 19.0 Å². The third-order valence-corrected chi connectivity index (χ3v) is 3.80. The fourth-order valence-electron chi connectivity index (χ4n) is 2.63. The van der Waals surface area contributed by atoms with Gasteiger partial charge in [-0.25, -0.2) is 0 Å². The molecule has 1 fully saturated rings. The second-order valence-corrected chi connectivity index (χ2v) is 5.80. The fourth-order valence-corrected chi connectivity index (χ4v) is 2.63. The number of hydrogen-bond acceptors (Lipinski definition) is 5. The Morgan fingerprint density at radius 2 is 1.88 bits per heavy atom. The third kappa shape index (κ3) is 6.97. The molecule has 1 saturated heterocycles. The van der Waals surface area contributed by atoms with E-state index in [9.17, 15) is 9.59 Å². The smallest absolute Gasteiger partial charge is 0.246 e. The molecular formula is C17H25N3O4. The maximum absolute atomic E-state index is 11.8. The first-order valence-electron chi connectivity index (χ1n) is 8.19. The summed E-state index contributed by atoms with van der Waals surface area (Å²) in [6.07, 6.45) is 1.63. The van der Waals surface area contributed by atoms with Crippen molar-refractivity contribution in [3.8, 4) is 5.75 Å². The normalized spacial score (nSPS) is 15.8. The molecule has 0 radical (unpaired) electrons. The predicted molar refractivity (Wildman–Crippen MR) is 89.6 cm³/mol. The minimum atomic E-state index is -0.316. The molecule has 1 heterocycles. The summed E-state index contributed by atoms with van der Waals surface area (Å²) in [6.45, 7) is 2.60. The Balaban J connectivity index is 1.52. The Labute approximate surface area is 142 Å². The Kier molecular flexibility index (Phi) is 7.51. The number of nitrogens with one attached hydrogen (secondary N) is 1. The largest absolute Gasteiger partial charge is 0.491 e. The van der Waals surface area contributed by atoms with E-state index in [4.69, 9.17) is 15.2 Å². The van der Waals surface area contributed by atoms with Crippen LogP contribution in [0.4, 0.5) is 0 Å². The highest BCUT2D eigenvalue weighted by atomic mass is 16.5. The molecule has 1 aromatic carbocycles. The van der Waals surface area contributed by atoms with Crippen molar-refractivity contribution in [1.82, 2.24) is 10.2 Å². The van der Waals surface area contributed by atoms with Crippen LogP contribution >= 0.6 is 0 Å². The summed E-state index contributed by atoms with van der Waals surface area (Å²) < 4.78 is 10.8. The monoisotopic (exact) mass is 335 g/mol. The highest BCUT2D eigenvalue weighted by molar-refractivity contribution is 5.77. The van der Waals surface area contributed by atoms with Gasteiger partial charge in [-0.3, -0.25) is 14.5 Å². The van der Waals surface area contributed by atoms with Crippen LogP contribution in [0.5, 0.6) is 5.75 Å². The van der Waals surface area contributed by atoms with Gasteiger partial charge >= 0.3 is 0 Å². The molecule has 1 aliphatic heterocycles.